The third-order valence-corrected chi connectivity index (χ3v) is 3.42. The van der Waals surface area contributed by atoms with Crippen LogP contribution in [0.4, 0.5) is 10.5 Å². The SMILES string of the molecule is CC1CCCN(C(=O)Nc2ccccc2OCC(=O)O)C1. The van der Waals surface area contributed by atoms with Crippen molar-refractivity contribution in [2.24, 2.45) is 5.92 Å². The molecule has 0 saturated carbocycles. The van der Waals surface area contributed by atoms with Crippen molar-refractivity contribution in [2.45, 2.75) is 19.8 Å². The van der Waals surface area contributed by atoms with E-state index in [2.05, 4.69) is 12.2 Å². The number of carbonyl (C=O) groups is 2. The molecule has 1 heterocycles. The molecule has 0 spiro atoms. The summed E-state index contributed by atoms with van der Waals surface area (Å²) >= 11 is 0. The smallest absolute Gasteiger partial charge is 0.341 e. The quantitative estimate of drug-likeness (QED) is 0.893. The topological polar surface area (TPSA) is 78.9 Å². The van der Waals surface area contributed by atoms with Crippen molar-refractivity contribution >= 4 is 17.7 Å². The van der Waals surface area contributed by atoms with Gasteiger partial charge in [0.2, 0.25) is 0 Å². The van der Waals surface area contributed by atoms with Gasteiger partial charge in [0.1, 0.15) is 5.75 Å². The summed E-state index contributed by atoms with van der Waals surface area (Å²) in [5.74, 6) is -0.192. The molecule has 114 valence electrons. The van der Waals surface area contributed by atoms with E-state index >= 15 is 0 Å². The van der Waals surface area contributed by atoms with Crippen LogP contribution in [0.5, 0.6) is 5.75 Å². The molecule has 1 aromatic rings. The van der Waals surface area contributed by atoms with Crippen LogP contribution in [0.25, 0.3) is 0 Å². The van der Waals surface area contributed by atoms with Crippen LogP contribution in [0.15, 0.2) is 24.3 Å². The fraction of sp³-hybridized carbons (Fsp3) is 0.467. The predicted molar refractivity (Wildman–Crippen MR) is 78.6 cm³/mol. The van der Waals surface area contributed by atoms with Crippen molar-refractivity contribution < 1.29 is 19.4 Å². The van der Waals surface area contributed by atoms with E-state index in [0.29, 0.717) is 17.4 Å². The Morgan fingerprint density at radius 1 is 1.43 bits per heavy atom. The number of carboxylic acid groups (broad SMARTS) is 1. The van der Waals surface area contributed by atoms with E-state index in [1.165, 1.54) is 0 Å². The van der Waals surface area contributed by atoms with Gasteiger partial charge in [-0.3, -0.25) is 0 Å². The van der Waals surface area contributed by atoms with E-state index in [9.17, 15) is 9.59 Å². The molecular formula is C15H20N2O4. The molecule has 1 saturated heterocycles. The molecule has 2 rings (SSSR count). The number of urea groups is 1. The maximum Gasteiger partial charge on any atom is 0.341 e. The summed E-state index contributed by atoms with van der Waals surface area (Å²) in [5.41, 5.74) is 0.488. The van der Waals surface area contributed by atoms with Gasteiger partial charge in [0.15, 0.2) is 6.61 Å². The van der Waals surface area contributed by atoms with Crippen LogP contribution in [-0.4, -0.2) is 41.7 Å². The predicted octanol–water partition coefficient (Wildman–Crippen LogP) is 2.41. The number of nitrogens with one attached hydrogen (secondary N) is 1. The second-order valence-corrected chi connectivity index (χ2v) is 5.30. The number of ether oxygens (including phenoxy) is 1. The molecule has 1 fully saturated rings. The normalized spacial score (nSPS) is 18.1. The summed E-state index contributed by atoms with van der Waals surface area (Å²) < 4.78 is 5.18. The minimum absolute atomic E-state index is 0.173. The lowest BCUT2D eigenvalue weighted by molar-refractivity contribution is -0.139. The molecule has 6 heteroatoms. The Kier molecular flexibility index (Phi) is 5.03. The van der Waals surface area contributed by atoms with Gasteiger partial charge in [-0.2, -0.15) is 0 Å². The summed E-state index contributed by atoms with van der Waals surface area (Å²) in [7, 11) is 0. The lowest BCUT2D eigenvalue weighted by Gasteiger charge is -2.31. The first-order valence-electron chi connectivity index (χ1n) is 7.06. The van der Waals surface area contributed by atoms with Gasteiger partial charge in [-0.05, 0) is 30.9 Å². The number of piperidine rings is 1. The number of rotatable bonds is 4. The Hall–Kier alpha value is -2.24. The third kappa shape index (κ3) is 4.37. The van der Waals surface area contributed by atoms with E-state index in [1.807, 2.05) is 0 Å². The Labute approximate surface area is 123 Å². The molecule has 1 aliphatic heterocycles. The lowest BCUT2D eigenvalue weighted by Crippen LogP contribution is -2.41. The van der Waals surface area contributed by atoms with E-state index in [0.717, 1.165) is 25.9 Å². The largest absolute Gasteiger partial charge is 0.480 e. The molecule has 21 heavy (non-hydrogen) atoms. The van der Waals surface area contributed by atoms with Gasteiger partial charge < -0.3 is 20.1 Å². The van der Waals surface area contributed by atoms with E-state index < -0.39 is 12.6 Å². The third-order valence-electron chi connectivity index (χ3n) is 3.42. The van der Waals surface area contributed by atoms with E-state index in [-0.39, 0.29) is 6.03 Å². The fourth-order valence-corrected chi connectivity index (χ4v) is 2.40. The van der Waals surface area contributed by atoms with Crippen LogP contribution in [-0.2, 0) is 4.79 Å². The van der Waals surface area contributed by atoms with Gasteiger partial charge in [0.05, 0.1) is 5.69 Å². The highest BCUT2D eigenvalue weighted by Gasteiger charge is 2.21. The molecule has 1 aromatic carbocycles. The van der Waals surface area contributed by atoms with Crippen molar-refractivity contribution in [1.29, 1.82) is 0 Å². The van der Waals surface area contributed by atoms with E-state index in [4.69, 9.17) is 9.84 Å². The van der Waals surface area contributed by atoms with Crippen molar-refractivity contribution in [2.75, 3.05) is 25.0 Å². The zero-order valence-electron chi connectivity index (χ0n) is 12.0. The molecular weight excluding hydrogens is 272 g/mol. The van der Waals surface area contributed by atoms with Gasteiger partial charge >= 0.3 is 12.0 Å². The summed E-state index contributed by atoms with van der Waals surface area (Å²) in [6.07, 6.45) is 2.15. The number of carboxylic acids is 1. The van der Waals surface area contributed by atoms with E-state index in [1.54, 1.807) is 29.2 Å². The van der Waals surface area contributed by atoms with Gasteiger partial charge in [-0.15, -0.1) is 0 Å². The standard InChI is InChI=1S/C15H20N2O4/c1-11-5-4-8-17(9-11)15(20)16-12-6-2-3-7-13(12)21-10-14(18)19/h2-3,6-7,11H,4-5,8-10H2,1H3,(H,16,20)(H,18,19). The number of likely N-dealkylation sites (tertiary alicyclic amines) is 1. The highest BCUT2D eigenvalue weighted by atomic mass is 16.5. The van der Waals surface area contributed by atoms with Gasteiger partial charge in [0.25, 0.3) is 0 Å². The Balaban J connectivity index is 2.01. The lowest BCUT2D eigenvalue weighted by atomic mass is 10.0. The molecule has 0 bridgehead atoms. The monoisotopic (exact) mass is 292 g/mol. The number of amides is 2. The number of hydrogen-bond acceptors (Lipinski definition) is 3. The van der Waals surface area contributed by atoms with Crippen molar-refractivity contribution in [3.8, 4) is 5.75 Å². The molecule has 1 aliphatic rings. The Bertz CT molecular complexity index is 518. The number of carbonyl (C=O) groups excluding carboxylic acids is 1. The molecule has 2 amide bonds. The Morgan fingerprint density at radius 3 is 2.90 bits per heavy atom. The fourth-order valence-electron chi connectivity index (χ4n) is 2.40. The minimum atomic E-state index is -1.05. The van der Waals surface area contributed by atoms with Gasteiger partial charge in [-0.25, -0.2) is 9.59 Å². The first kappa shape index (κ1) is 15.2. The van der Waals surface area contributed by atoms with Crippen LogP contribution in [0.1, 0.15) is 19.8 Å². The second-order valence-electron chi connectivity index (χ2n) is 5.30. The molecule has 1 unspecified atom stereocenters. The number of para-hydroxylation sites is 2. The average molecular weight is 292 g/mol. The van der Waals surface area contributed by atoms with Crippen molar-refractivity contribution in [3.05, 3.63) is 24.3 Å². The summed E-state index contributed by atoms with van der Waals surface area (Å²) in [5, 5.41) is 11.5. The number of aliphatic carboxylic acids is 1. The molecule has 0 aliphatic carbocycles. The number of benzene rings is 1. The van der Waals surface area contributed by atoms with Crippen molar-refractivity contribution in [3.63, 3.8) is 0 Å². The number of nitrogens with zero attached hydrogens (tertiary/aromatic N) is 1. The molecule has 1 atom stereocenters. The van der Waals surface area contributed by atoms with Gasteiger partial charge in [-0.1, -0.05) is 19.1 Å². The highest BCUT2D eigenvalue weighted by molar-refractivity contribution is 5.91. The molecule has 0 aromatic heterocycles. The van der Waals surface area contributed by atoms with Crippen molar-refractivity contribution in [1.82, 2.24) is 4.90 Å². The number of hydrogen-bond donors (Lipinski definition) is 2. The average Bonchev–Trinajstić information content (AvgIpc) is 2.46. The summed E-state index contributed by atoms with van der Waals surface area (Å²) in [4.78, 5) is 24.6. The maximum atomic E-state index is 12.2. The summed E-state index contributed by atoms with van der Waals surface area (Å²) in [6, 6.07) is 6.66. The Morgan fingerprint density at radius 2 is 2.19 bits per heavy atom. The van der Waals surface area contributed by atoms with Crippen LogP contribution in [0, 0.1) is 5.92 Å². The zero-order valence-corrected chi connectivity index (χ0v) is 12.0. The van der Waals surface area contributed by atoms with Crippen LogP contribution in [0.3, 0.4) is 0 Å². The van der Waals surface area contributed by atoms with Gasteiger partial charge in [0, 0.05) is 13.1 Å². The van der Waals surface area contributed by atoms with Crippen LogP contribution >= 0.6 is 0 Å². The molecule has 2 N–H and O–H groups in total. The first-order valence-corrected chi connectivity index (χ1v) is 7.06. The second kappa shape index (κ2) is 6.97. The number of anilines is 1. The maximum absolute atomic E-state index is 12.2. The molecule has 0 radical (unpaired) electrons. The van der Waals surface area contributed by atoms with Crippen LogP contribution < -0.4 is 10.1 Å². The minimum Gasteiger partial charge on any atom is -0.480 e. The van der Waals surface area contributed by atoms with Crippen LogP contribution in [0.2, 0.25) is 0 Å². The highest BCUT2D eigenvalue weighted by Crippen LogP contribution is 2.25. The zero-order chi connectivity index (χ0) is 15.2. The molecule has 6 nitrogen and oxygen atoms in total. The first-order chi connectivity index (χ1) is 10.1. The summed E-state index contributed by atoms with van der Waals surface area (Å²) in [6.45, 7) is 3.18.